The van der Waals surface area contributed by atoms with Crippen molar-refractivity contribution in [2.24, 2.45) is 0 Å². The molecule has 2 rings (SSSR count). The number of nitrogens with one attached hydrogen (secondary N) is 1. The van der Waals surface area contributed by atoms with Crippen molar-refractivity contribution < 1.29 is 17.9 Å². The monoisotopic (exact) mass is 368 g/mol. The second kappa shape index (κ2) is 9.89. The largest absolute Gasteiger partial charge is 0.379 e. The minimum Gasteiger partial charge on any atom is -0.379 e. The number of benzene rings is 1. The van der Waals surface area contributed by atoms with Gasteiger partial charge in [0.05, 0.1) is 19.0 Å². The van der Waals surface area contributed by atoms with Gasteiger partial charge in [0.2, 0.25) is 15.9 Å². The fraction of sp³-hybridized carbons (Fsp3) is 0.611. The molecule has 1 aromatic carbocycles. The molecule has 0 saturated carbocycles. The van der Waals surface area contributed by atoms with Gasteiger partial charge in [-0.15, -0.1) is 0 Å². The molecule has 140 valence electrons. The molecule has 1 heterocycles. The van der Waals surface area contributed by atoms with Crippen molar-refractivity contribution in [1.82, 2.24) is 9.62 Å². The van der Waals surface area contributed by atoms with Crippen LogP contribution in [0.4, 0.5) is 0 Å². The van der Waals surface area contributed by atoms with Gasteiger partial charge in [0.15, 0.2) is 0 Å². The van der Waals surface area contributed by atoms with E-state index in [1.54, 1.807) is 0 Å². The highest BCUT2D eigenvalue weighted by atomic mass is 32.2. The van der Waals surface area contributed by atoms with Crippen LogP contribution < -0.4 is 5.32 Å². The molecule has 1 aliphatic rings. The van der Waals surface area contributed by atoms with Crippen molar-refractivity contribution in [2.45, 2.75) is 32.6 Å². The maximum Gasteiger partial charge on any atom is 0.221 e. The van der Waals surface area contributed by atoms with Gasteiger partial charge in [0.25, 0.3) is 0 Å². The number of amides is 1. The van der Waals surface area contributed by atoms with E-state index in [0.29, 0.717) is 32.8 Å². The van der Waals surface area contributed by atoms with Crippen molar-refractivity contribution in [1.29, 1.82) is 0 Å². The fourth-order valence-electron chi connectivity index (χ4n) is 2.70. The summed E-state index contributed by atoms with van der Waals surface area (Å²) in [6.45, 7) is 4.26. The maximum absolute atomic E-state index is 12.1. The van der Waals surface area contributed by atoms with Crippen molar-refractivity contribution in [3.63, 3.8) is 0 Å². The van der Waals surface area contributed by atoms with Crippen LogP contribution in [-0.4, -0.2) is 57.2 Å². The van der Waals surface area contributed by atoms with E-state index in [1.165, 1.54) is 15.4 Å². The van der Waals surface area contributed by atoms with Crippen LogP contribution in [0.3, 0.4) is 0 Å². The van der Waals surface area contributed by atoms with Crippen LogP contribution in [0.2, 0.25) is 0 Å². The quantitative estimate of drug-likeness (QED) is 0.670. The number of unbranched alkanes of at least 4 members (excludes halogenated alkanes) is 1. The number of rotatable bonds is 9. The lowest BCUT2D eigenvalue weighted by atomic mass is 10.1. The first kappa shape index (κ1) is 19.9. The number of carbonyl (C=O) groups is 1. The van der Waals surface area contributed by atoms with Gasteiger partial charge >= 0.3 is 0 Å². The molecule has 0 spiro atoms. The Labute approximate surface area is 150 Å². The third-order valence-corrected chi connectivity index (χ3v) is 6.16. The molecule has 6 nitrogen and oxygen atoms in total. The first-order valence-electron chi connectivity index (χ1n) is 8.85. The summed E-state index contributed by atoms with van der Waals surface area (Å²) in [5, 5.41) is 2.81. The molecular formula is C18H28N2O4S. The number of nitrogens with zero attached hydrogens (tertiary/aromatic N) is 1. The highest BCUT2D eigenvalue weighted by Crippen LogP contribution is 2.08. The van der Waals surface area contributed by atoms with Gasteiger partial charge in [-0.3, -0.25) is 4.79 Å². The summed E-state index contributed by atoms with van der Waals surface area (Å²) in [6.07, 6.45) is 2.88. The van der Waals surface area contributed by atoms with Gasteiger partial charge in [-0.05, 0) is 31.7 Å². The molecule has 1 N–H and O–H groups in total. The average Bonchev–Trinajstić information content (AvgIpc) is 2.62. The first-order chi connectivity index (χ1) is 12.0. The summed E-state index contributed by atoms with van der Waals surface area (Å²) in [5.41, 5.74) is 2.55. The van der Waals surface area contributed by atoms with Crippen LogP contribution in [-0.2, 0) is 26.0 Å². The predicted molar refractivity (Wildman–Crippen MR) is 97.9 cm³/mol. The average molecular weight is 368 g/mol. The van der Waals surface area contributed by atoms with Gasteiger partial charge in [0, 0.05) is 26.1 Å². The fourth-order valence-corrected chi connectivity index (χ4v) is 4.11. The molecule has 7 heteroatoms. The number of hydrogen-bond donors (Lipinski definition) is 1. The number of hydrogen-bond acceptors (Lipinski definition) is 4. The first-order valence-corrected chi connectivity index (χ1v) is 10.5. The molecule has 0 radical (unpaired) electrons. The normalized spacial score (nSPS) is 15.9. The van der Waals surface area contributed by atoms with Gasteiger partial charge in [-0.1, -0.05) is 29.8 Å². The van der Waals surface area contributed by atoms with E-state index in [4.69, 9.17) is 4.74 Å². The third kappa shape index (κ3) is 7.13. The lowest BCUT2D eigenvalue weighted by Crippen LogP contribution is -2.42. The molecular weight excluding hydrogens is 340 g/mol. The predicted octanol–water partition coefficient (Wildman–Crippen LogP) is 1.49. The number of morpholine rings is 1. The zero-order valence-electron chi connectivity index (χ0n) is 14.9. The molecule has 0 aliphatic carbocycles. The molecule has 1 saturated heterocycles. The van der Waals surface area contributed by atoms with E-state index in [-0.39, 0.29) is 18.1 Å². The van der Waals surface area contributed by atoms with E-state index < -0.39 is 10.0 Å². The molecule has 1 fully saturated rings. The van der Waals surface area contributed by atoms with Crippen LogP contribution in [0.15, 0.2) is 24.3 Å². The molecule has 0 unspecified atom stereocenters. The van der Waals surface area contributed by atoms with Crippen LogP contribution in [0.1, 0.15) is 30.4 Å². The lowest BCUT2D eigenvalue weighted by molar-refractivity contribution is -0.120. The number of ether oxygens (including phenoxy) is 1. The highest BCUT2D eigenvalue weighted by molar-refractivity contribution is 7.89. The van der Waals surface area contributed by atoms with Crippen LogP contribution in [0.25, 0.3) is 0 Å². The molecule has 0 bridgehead atoms. The van der Waals surface area contributed by atoms with Gasteiger partial charge in [-0.2, -0.15) is 4.31 Å². The maximum atomic E-state index is 12.1. The lowest BCUT2D eigenvalue weighted by Gasteiger charge is -2.25. The topological polar surface area (TPSA) is 75.7 Å². The second-order valence-corrected chi connectivity index (χ2v) is 8.46. The number of carbonyl (C=O) groups excluding carboxylic acids is 1. The van der Waals surface area contributed by atoms with Gasteiger partial charge in [0.1, 0.15) is 0 Å². The van der Waals surface area contributed by atoms with E-state index in [9.17, 15) is 13.2 Å². The Morgan fingerprint density at radius 1 is 1.16 bits per heavy atom. The third-order valence-electron chi connectivity index (χ3n) is 4.29. The summed E-state index contributed by atoms with van der Waals surface area (Å²) in [6, 6.07) is 8.47. The number of aryl methyl sites for hydroxylation is 2. The summed E-state index contributed by atoms with van der Waals surface area (Å²) >= 11 is 0. The molecule has 1 aromatic rings. The van der Waals surface area contributed by atoms with Crippen LogP contribution >= 0.6 is 0 Å². The van der Waals surface area contributed by atoms with Gasteiger partial charge in [-0.25, -0.2) is 8.42 Å². The minimum absolute atomic E-state index is 0.0116. The Balaban J connectivity index is 1.58. The van der Waals surface area contributed by atoms with Crippen molar-refractivity contribution >= 4 is 15.9 Å². The van der Waals surface area contributed by atoms with E-state index in [0.717, 1.165) is 19.3 Å². The SMILES string of the molecule is Cc1ccc(CCCCNC(=O)CCS(=O)(=O)N2CCOCC2)cc1. The van der Waals surface area contributed by atoms with Crippen molar-refractivity contribution in [3.8, 4) is 0 Å². The Bertz CT molecular complexity index is 638. The summed E-state index contributed by atoms with van der Waals surface area (Å²) in [4.78, 5) is 11.8. The molecule has 0 atom stereocenters. The van der Waals surface area contributed by atoms with Crippen molar-refractivity contribution in [2.75, 3.05) is 38.6 Å². The smallest absolute Gasteiger partial charge is 0.221 e. The Kier molecular flexibility index (Phi) is 7.87. The standard InChI is InChI=1S/C18H28N2O4S/c1-16-5-7-17(8-6-16)4-2-3-10-19-18(21)9-15-25(22,23)20-11-13-24-14-12-20/h5-8H,2-4,9-15H2,1H3,(H,19,21). The molecule has 1 aliphatic heterocycles. The summed E-state index contributed by atoms with van der Waals surface area (Å²) < 4.78 is 30.8. The summed E-state index contributed by atoms with van der Waals surface area (Å²) in [5.74, 6) is -0.338. The van der Waals surface area contributed by atoms with Gasteiger partial charge < -0.3 is 10.1 Å². The minimum atomic E-state index is -3.36. The van der Waals surface area contributed by atoms with E-state index in [1.807, 2.05) is 0 Å². The zero-order valence-corrected chi connectivity index (χ0v) is 15.7. The molecule has 0 aromatic heterocycles. The van der Waals surface area contributed by atoms with Crippen molar-refractivity contribution in [3.05, 3.63) is 35.4 Å². The number of sulfonamides is 1. The second-order valence-electron chi connectivity index (χ2n) is 6.37. The van der Waals surface area contributed by atoms with E-state index >= 15 is 0 Å². The Morgan fingerprint density at radius 3 is 2.52 bits per heavy atom. The molecule has 25 heavy (non-hydrogen) atoms. The highest BCUT2D eigenvalue weighted by Gasteiger charge is 2.24. The molecule has 1 amide bonds. The van der Waals surface area contributed by atoms with Crippen LogP contribution in [0.5, 0.6) is 0 Å². The zero-order chi connectivity index (χ0) is 18.1. The Hall–Kier alpha value is -1.44. The van der Waals surface area contributed by atoms with E-state index in [2.05, 4.69) is 36.5 Å². The summed E-state index contributed by atoms with van der Waals surface area (Å²) in [7, 11) is -3.36. The Morgan fingerprint density at radius 2 is 1.84 bits per heavy atom. The van der Waals surface area contributed by atoms with Crippen LogP contribution in [0, 0.1) is 6.92 Å².